The molecule has 0 aliphatic carbocycles. The van der Waals surface area contributed by atoms with Crippen molar-refractivity contribution in [2.75, 3.05) is 5.73 Å². The average molecular weight is 264 g/mol. The summed E-state index contributed by atoms with van der Waals surface area (Å²) in [5.41, 5.74) is 10.4. The standard InChI is InChI=1S/C16H16N4/c1-12-10-16(17)20(19-12)11-13-2-4-14(5-3-13)15-6-8-18-9-7-15/h2-10H,11,17H2,1H3. The van der Waals surface area contributed by atoms with Gasteiger partial charge in [0.15, 0.2) is 0 Å². The maximum atomic E-state index is 5.90. The Kier molecular flexibility index (Phi) is 3.21. The van der Waals surface area contributed by atoms with Crippen molar-refractivity contribution in [1.82, 2.24) is 14.8 Å². The van der Waals surface area contributed by atoms with Gasteiger partial charge < -0.3 is 5.73 Å². The van der Waals surface area contributed by atoms with Gasteiger partial charge in [-0.2, -0.15) is 5.10 Å². The first-order valence-corrected chi connectivity index (χ1v) is 6.51. The number of nitrogens with two attached hydrogens (primary N) is 1. The summed E-state index contributed by atoms with van der Waals surface area (Å²) in [5, 5.41) is 4.37. The molecular weight excluding hydrogens is 248 g/mol. The van der Waals surface area contributed by atoms with Crippen molar-refractivity contribution in [3.8, 4) is 11.1 Å². The van der Waals surface area contributed by atoms with Gasteiger partial charge in [0.25, 0.3) is 0 Å². The maximum Gasteiger partial charge on any atom is 0.122 e. The highest BCUT2D eigenvalue weighted by Crippen LogP contribution is 2.19. The van der Waals surface area contributed by atoms with Gasteiger partial charge in [0.2, 0.25) is 0 Å². The number of hydrogen-bond donors (Lipinski definition) is 1. The lowest BCUT2D eigenvalue weighted by Crippen LogP contribution is -2.05. The van der Waals surface area contributed by atoms with E-state index in [1.54, 1.807) is 12.4 Å². The minimum atomic E-state index is 0.691. The van der Waals surface area contributed by atoms with E-state index in [-0.39, 0.29) is 0 Å². The van der Waals surface area contributed by atoms with E-state index < -0.39 is 0 Å². The van der Waals surface area contributed by atoms with Gasteiger partial charge in [-0.15, -0.1) is 0 Å². The predicted octanol–water partition coefficient (Wildman–Crippen LogP) is 2.88. The predicted molar refractivity (Wildman–Crippen MR) is 80.2 cm³/mol. The summed E-state index contributed by atoms with van der Waals surface area (Å²) < 4.78 is 1.82. The third-order valence-corrected chi connectivity index (χ3v) is 3.23. The number of anilines is 1. The van der Waals surface area contributed by atoms with Crippen LogP contribution in [0.25, 0.3) is 11.1 Å². The summed E-state index contributed by atoms with van der Waals surface area (Å²) in [6, 6.07) is 14.3. The number of benzene rings is 1. The van der Waals surface area contributed by atoms with Crippen LogP contribution in [0.1, 0.15) is 11.3 Å². The van der Waals surface area contributed by atoms with Crippen LogP contribution in [0, 0.1) is 6.92 Å². The lowest BCUT2D eigenvalue weighted by atomic mass is 10.1. The fourth-order valence-corrected chi connectivity index (χ4v) is 2.21. The van der Waals surface area contributed by atoms with Gasteiger partial charge in [-0.1, -0.05) is 24.3 Å². The first kappa shape index (κ1) is 12.4. The van der Waals surface area contributed by atoms with Crippen molar-refractivity contribution in [3.05, 3.63) is 66.1 Å². The second kappa shape index (κ2) is 5.17. The Morgan fingerprint density at radius 1 is 1.00 bits per heavy atom. The van der Waals surface area contributed by atoms with Crippen molar-refractivity contribution < 1.29 is 0 Å². The molecule has 2 N–H and O–H groups in total. The van der Waals surface area contributed by atoms with Crippen molar-refractivity contribution >= 4 is 5.82 Å². The van der Waals surface area contributed by atoms with Crippen molar-refractivity contribution in [2.24, 2.45) is 0 Å². The zero-order valence-corrected chi connectivity index (χ0v) is 11.3. The SMILES string of the molecule is Cc1cc(N)n(Cc2ccc(-c3ccncc3)cc2)n1. The number of nitrogens with zero attached hydrogens (tertiary/aromatic N) is 3. The van der Waals surface area contributed by atoms with E-state index in [1.807, 2.05) is 29.8 Å². The van der Waals surface area contributed by atoms with Crippen LogP contribution >= 0.6 is 0 Å². The van der Waals surface area contributed by atoms with E-state index in [4.69, 9.17) is 5.73 Å². The monoisotopic (exact) mass is 264 g/mol. The van der Waals surface area contributed by atoms with Crippen LogP contribution in [-0.2, 0) is 6.54 Å². The molecule has 0 spiro atoms. The molecule has 100 valence electrons. The molecule has 0 aliphatic rings. The number of nitrogen functional groups attached to an aromatic ring is 1. The Bertz CT molecular complexity index is 699. The second-order valence-electron chi connectivity index (χ2n) is 4.80. The third-order valence-electron chi connectivity index (χ3n) is 3.23. The molecule has 3 aromatic rings. The Morgan fingerprint density at radius 2 is 1.65 bits per heavy atom. The quantitative estimate of drug-likeness (QED) is 0.791. The number of rotatable bonds is 3. The molecule has 0 fully saturated rings. The summed E-state index contributed by atoms with van der Waals surface area (Å²) in [4.78, 5) is 4.03. The molecule has 3 rings (SSSR count). The summed E-state index contributed by atoms with van der Waals surface area (Å²) in [5.74, 6) is 0.695. The summed E-state index contributed by atoms with van der Waals surface area (Å²) in [6.07, 6.45) is 3.60. The molecule has 0 aliphatic heterocycles. The van der Waals surface area contributed by atoms with E-state index in [2.05, 4.69) is 34.3 Å². The van der Waals surface area contributed by atoms with Gasteiger partial charge in [-0.05, 0) is 35.7 Å². The molecule has 2 heterocycles. The Hall–Kier alpha value is -2.62. The van der Waals surface area contributed by atoms with Crippen LogP contribution in [0.3, 0.4) is 0 Å². The molecule has 2 aromatic heterocycles. The molecule has 0 radical (unpaired) electrons. The van der Waals surface area contributed by atoms with E-state index in [9.17, 15) is 0 Å². The summed E-state index contributed by atoms with van der Waals surface area (Å²) in [6.45, 7) is 2.63. The molecule has 4 nitrogen and oxygen atoms in total. The zero-order chi connectivity index (χ0) is 13.9. The summed E-state index contributed by atoms with van der Waals surface area (Å²) >= 11 is 0. The minimum Gasteiger partial charge on any atom is -0.384 e. The third kappa shape index (κ3) is 2.54. The number of pyridine rings is 1. The highest BCUT2D eigenvalue weighted by Gasteiger charge is 2.03. The summed E-state index contributed by atoms with van der Waals surface area (Å²) in [7, 11) is 0. The molecular formula is C16H16N4. The van der Waals surface area contributed by atoms with Gasteiger partial charge in [0.05, 0.1) is 12.2 Å². The van der Waals surface area contributed by atoms with Crippen LogP contribution in [0.15, 0.2) is 54.9 Å². The second-order valence-corrected chi connectivity index (χ2v) is 4.80. The molecule has 0 saturated heterocycles. The van der Waals surface area contributed by atoms with Crippen molar-refractivity contribution in [1.29, 1.82) is 0 Å². The van der Waals surface area contributed by atoms with E-state index in [1.165, 1.54) is 16.7 Å². The topological polar surface area (TPSA) is 56.7 Å². The fourth-order valence-electron chi connectivity index (χ4n) is 2.21. The van der Waals surface area contributed by atoms with Crippen LogP contribution in [-0.4, -0.2) is 14.8 Å². The average Bonchev–Trinajstić information content (AvgIpc) is 2.79. The van der Waals surface area contributed by atoms with Crippen LogP contribution in [0.5, 0.6) is 0 Å². The number of aromatic nitrogens is 3. The maximum absolute atomic E-state index is 5.90. The van der Waals surface area contributed by atoms with Crippen molar-refractivity contribution in [3.63, 3.8) is 0 Å². The minimum absolute atomic E-state index is 0.691. The molecule has 20 heavy (non-hydrogen) atoms. The van der Waals surface area contributed by atoms with Crippen LogP contribution in [0.4, 0.5) is 5.82 Å². The van der Waals surface area contributed by atoms with E-state index >= 15 is 0 Å². The first-order chi connectivity index (χ1) is 9.72. The molecule has 0 unspecified atom stereocenters. The molecule has 0 atom stereocenters. The lowest BCUT2D eigenvalue weighted by molar-refractivity contribution is 0.689. The molecule has 0 saturated carbocycles. The largest absolute Gasteiger partial charge is 0.384 e. The van der Waals surface area contributed by atoms with E-state index in [0.717, 1.165) is 5.69 Å². The van der Waals surface area contributed by atoms with Gasteiger partial charge in [0.1, 0.15) is 5.82 Å². The van der Waals surface area contributed by atoms with Gasteiger partial charge >= 0.3 is 0 Å². The smallest absolute Gasteiger partial charge is 0.122 e. The van der Waals surface area contributed by atoms with Gasteiger partial charge in [-0.3, -0.25) is 4.98 Å². The van der Waals surface area contributed by atoms with Crippen LogP contribution in [0.2, 0.25) is 0 Å². The van der Waals surface area contributed by atoms with Crippen LogP contribution < -0.4 is 5.73 Å². The first-order valence-electron chi connectivity index (χ1n) is 6.51. The van der Waals surface area contributed by atoms with Gasteiger partial charge in [0, 0.05) is 18.5 Å². The Balaban J connectivity index is 1.82. The fraction of sp³-hybridized carbons (Fsp3) is 0.125. The highest BCUT2D eigenvalue weighted by atomic mass is 15.3. The molecule has 0 bridgehead atoms. The van der Waals surface area contributed by atoms with Crippen molar-refractivity contribution in [2.45, 2.75) is 13.5 Å². The zero-order valence-electron chi connectivity index (χ0n) is 11.3. The molecule has 0 amide bonds. The van der Waals surface area contributed by atoms with E-state index in [0.29, 0.717) is 12.4 Å². The number of aryl methyl sites for hydroxylation is 1. The normalized spacial score (nSPS) is 10.7. The Labute approximate surface area is 117 Å². The molecule has 4 heteroatoms. The van der Waals surface area contributed by atoms with Gasteiger partial charge in [-0.25, -0.2) is 4.68 Å². The molecule has 1 aromatic carbocycles. The lowest BCUT2D eigenvalue weighted by Gasteiger charge is -2.06. The highest BCUT2D eigenvalue weighted by molar-refractivity contribution is 5.62. The number of hydrogen-bond acceptors (Lipinski definition) is 3. The Morgan fingerprint density at radius 3 is 2.25 bits per heavy atom.